The van der Waals surface area contributed by atoms with Crippen LogP contribution >= 0.6 is 15.9 Å². The van der Waals surface area contributed by atoms with Crippen molar-refractivity contribution in [3.05, 3.63) is 46.4 Å². The summed E-state index contributed by atoms with van der Waals surface area (Å²) in [7, 11) is 3.11. The fraction of sp³-hybridized carbons (Fsp3) is 0.300. The molecule has 7 heteroatoms. The van der Waals surface area contributed by atoms with E-state index >= 15 is 0 Å². The lowest BCUT2D eigenvalue weighted by Crippen LogP contribution is -2.28. The van der Waals surface area contributed by atoms with Crippen molar-refractivity contribution in [1.29, 1.82) is 0 Å². The van der Waals surface area contributed by atoms with Crippen molar-refractivity contribution in [2.45, 2.75) is 13.3 Å². The van der Waals surface area contributed by atoms with E-state index in [4.69, 9.17) is 9.47 Å². The molecule has 1 N–H and O–H groups in total. The van der Waals surface area contributed by atoms with Crippen molar-refractivity contribution in [2.24, 2.45) is 5.92 Å². The van der Waals surface area contributed by atoms with Gasteiger partial charge in [-0.05, 0) is 52.7 Å². The van der Waals surface area contributed by atoms with Gasteiger partial charge in [0.2, 0.25) is 11.8 Å². The van der Waals surface area contributed by atoms with Crippen molar-refractivity contribution in [3.8, 4) is 11.5 Å². The van der Waals surface area contributed by atoms with E-state index < -0.39 is 5.92 Å². The third-order valence-electron chi connectivity index (χ3n) is 4.56. The molecule has 1 heterocycles. The predicted molar refractivity (Wildman–Crippen MR) is 108 cm³/mol. The van der Waals surface area contributed by atoms with Crippen LogP contribution in [0.15, 0.2) is 40.9 Å². The smallest absolute Gasteiger partial charge is 0.229 e. The molecule has 0 bridgehead atoms. The number of amides is 2. The van der Waals surface area contributed by atoms with Crippen LogP contribution < -0.4 is 19.7 Å². The summed E-state index contributed by atoms with van der Waals surface area (Å²) >= 11 is 3.46. The van der Waals surface area contributed by atoms with Crippen LogP contribution in [-0.4, -0.2) is 32.6 Å². The van der Waals surface area contributed by atoms with E-state index in [1.807, 2.05) is 25.1 Å². The molecule has 2 amide bonds. The minimum absolute atomic E-state index is 0.110. The minimum Gasteiger partial charge on any atom is -0.497 e. The number of anilines is 2. The van der Waals surface area contributed by atoms with Crippen molar-refractivity contribution in [3.63, 3.8) is 0 Å². The van der Waals surface area contributed by atoms with E-state index in [1.165, 1.54) is 7.11 Å². The number of nitrogens with zero attached hydrogens (tertiary/aromatic N) is 1. The SMILES string of the molecule is COc1ccc(N2CC(C(=O)Nc3ccc(C)cc3Br)CC2=O)c(OC)c1. The average Bonchev–Trinajstić information content (AvgIpc) is 3.05. The molecule has 1 atom stereocenters. The van der Waals surface area contributed by atoms with Gasteiger partial charge in [0.25, 0.3) is 0 Å². The minimum atomic E-state index is -0.433. The fourth-order valence-electron chi connectivity index (χ4n) is 3.08. The van der Waals surface area contributed by atoms with Crippen LogP contribution in [0.5, 0.6) is 11.5 Å². The predicted octanol–water partition coefficient (Wildman–Crippen LogP) is 3.77. The highest BCUT2D eigenvalue weighted by molar-refractivity contribution is 9.10. The number of methoxy groups -OCH3 is 2. The van der Waals surface area contributed by atoms with E-state index in [-0.39, 0.29) is 18.2 Å². The lowest BCUT2D eigenvalue weighted by atomic mass is 10.1. The second-order valence-electron chi connectivity index (χ2n) is 6.42. The first-order valence-corrected chi connectivity index (χ1v) is 9.31. The van der Waals surface area contributed by atoms with Gasteiger partial charge in [-0.25, -0.2) is 0 Å². The standard InChI is InChI=1S/C20H21BrN2O4/c1-12-4-6-16(15(21)8-12)22-20(25)13-9-19(24)23(11-13)17-7-5-14(26-2)10-18(17)27-3/h4-8,10,13H,9,11H2,1-3H3,(H,22,25). The van der Waals surface area contributed by atoms with Gasteiger partial charge in [-0.2, -0.15) is 0 Å². The number of rotatable bonds is 5. The third-order valence-corrected chi connectivity index (χ3v) is 5.21. The normalized spacial score (nSPS) is 16.4. The fourth-order valence-corrected chi connectivity index (χ4v) is 3.67. The molecule has 0 radical (unpaired) electrons. The maximum absolute atomic E-state index is 12.7. The zero-order chi connectivity index (χ0) is 19.6. The number of halogens is 1. The van der Waals surface area contributed by atoms with E-state index in [0.717, 1.165) is 10.0 Å². The molecule has 2 aromatic rings. The highest BCUT2D eigenvalue weighted by atomic mass is 79.9. The van der Waals surface area contributed by atoms with Crippen LogP contribution in [0.1, 0.15) is 12.0 Å². The summed E-state index contributed by atoms with van der Waals surface area (Å²) < 4.78 is 11.4. The summed E-state index contributed by atoms with van der Waals surface area (Å²) in [5, 5.41) is 2.90. The molecule has 6 nitrogen and oxygen atoms in total. The number of benzene rings is 2. The van der Waals surface area contributed by atoms with Crippen molar-refractivity contribution in [1.82, 2.24) is 0 Å². The first-order chi connectivity index (χ1) is 12.9. The summed E-state index contributed by atoms with van der Waals surface area (Å²) in [5.74, 6) is 0.452. The van der Waals surface area contributed by atoms with Gasteiger partial charge in [-0.1, -0.05) is 6.07 Å². The Labute approximate surface area is 166 Å². The van der Waals surface area contributed by atoms with Gasteiger partial charge in [0, 0.05) is 23.5 Å². The Morgan fingerprint density at radius 1 is 1.19 bits per heavy atom. The number of carbonyl (C=O) groups excluding carboxylic acids is 2. The molecule has 1 unspecified atom stereocenters. The highest BCUT2D eigenvalue weighted by Gasteiger charge is 2.36. The Hall–Kier alpha value is -2.54. The zero-order valence-corrected chi connectivity index (χ0v) is 17.0. The van der Waals surface area contributed by atoms with Gasteiger partial charge in [-0.3, -0.25) is 9.59 Å². The van der Waals surface area contributed by atoms with Crippen LogP contribution in [0.4, 0.5) is 11.4 Å². The van der Waals surface area contributed by atoms with Crippen LogP contribution in [0.25, 0.3) is 0 Å². The average molecular weight is 433 g/mol. The Morgan fingerprint density at radius 2 is 1.96 bits per heavy atom. The molecule has 1 fully saturated rings. The van der Waals surface area contributed by atoms with E-state index in [1.54, 1.807) is 30.2 Å². The summed E-state index contributed by atoms with van der Waals surface area (Å²) in [6, 6.07) is 11.0. The molecule has 1 saturated heterocycles. The molecule has 0 saturated carbocycles. The quantitative estimate of drug-likeness (QED) is 0.780. The van der Waals surface area contributed by atoms with Gasteiger partial charge < -0.3 is 19.7 Å². The summed E-state index contributed by atoms with van der Waals surface area (Å²) in [5.41, 5.74) is 2.42. The van der Waals surface area contributed by atoms with Crippen molar-refractivity contribution in [2.75, 3.05) is 31.0 Å². The first kappa shape index (κ1) is 19.2. The molecular weight excluding hydrogens is 412 g/mol. The van der Waals surface area contributed by atoms with Crippen molar-refractivity contribution < 1.29 is 19.1 Å². The van der Waals surface area contributed by atoms with Crippen LogP contribution in [-0.2, 0) is 9.59 Å². The van der Waals surface area contributed by atoms with Gasteiger partial charge in [0.05, 0.1) is 31.5 Å². The molecule has 2 aromatic carbocycles. The summed E-state index contributed by atoms with van der Waals surface area (Å²) in [6.45, 7) is 2.28. The second kappa shape index (κ2) is 8.00. The topological polar surface area (TPSA) is 67.9 Å². The van der Waals surface area contributed by atoms with Crippen LogP contribution in [0.3, 0.4) is 0 Å². The molecular formula is C20H21BrN2O4. The molecule has 27 heavy (non-hydrogen) atoms. The Bertz CT molecular complexity index is 884. The first-order valence-electron chi connectivity index (χ1n) is 8.52. The number of aryl methyl sites for hydroxylation is 1. The van der Waals surface area contributed by atoms with Crippen LogP contribution in [0.2, 0.25) is 0 Å². The third kappa shape index (κ3) is 4.08. The number of hydrogen-bond donors (Lipinski definition) is 1. The number of carbonyl (C=O) groups is 2. The Balaban J connectivity index is 1.76. The van der Waals surface area contributed by atoms with Crippen molar-refractivity contribution >= 4 is 39.1 Å². The lowest BCUT2D eigenvalue weighted by Gasteiger charge is -2.20. The monoisotopic (exact) mass is 432 g/mol. The molecule has 0 aromatic heterocycles. The molecule has 1 aliphatic rings. The number of hydrogen-bond acceptors (Lipinski definition) is 4. The van der Waals surface area contributed by atoms with Crippen LogP contribution in [0, 0.1) is 12.8 Å². The summed E-state index contributed by atoms with van der Waals surface area (Å²) in [6.07, 6.45) is 0.157. The van der Waals surface area contributed by atoms with Gasteiger partial charge in [0.1, 0.15) is 11.5 Å². The summed E-state index contributed by atoms with van der Waals surface area (Å²) in [4.78, 5) is 26.8. The highest BCUT2D eigenvalue weighted by Crippen LogP contribution is 2.36. The lowest BCUT2D eigenvalue weighted by molar-refractivity contribution is -0.122. The Morgan fingerprint density at radius 3 is 2.63 bits per heavy atom. The van der Waals surface area contributed by atoms with Gasteiger partial charge in [0.15, 0.2) is 0 Å². The Kier molecular flexibility index (Phi) is 5.70. The number of ether oxygens (including phenoxy) is 2. The largest absolute Gasteiger partial charge is 0.497 e. The van der Waals surface area contributed by atoms with Gasteiger partial charge in [-0.15, -0.1) is 0 Å². The molecule has 142 valence electrons. The number of nitrogens with one attached hydrogen (secondary N) is 1. The molecule has 3 rings (SSSR count). The van der Waals surface area contributed by atoms with Gasteiger partial charge >= 0.3 is 0 Å². The molecule has 0 aliphatic carbocycles. The van der Waals surface area contributed by atoms with E-state index in [0.29, 0.717) is 29.4 Å². The molecule has 0 spiro atoms. The van der Waals surface area contributed by atoms with E-state index in [2.05, 4.69) is 21.2 Å². The zero-order valence-electron chi connectivity index (χ0n) is 15.4. The maximum atomic E-state index is 12.7. The second-order valence-corrected chi connectivity index (χ2v) is 7.27. The molecule has 1 aliphatic heterocycles. The van der Waals surface area contributed by atoms with E-state index in [9.17, 15) is 9.59 Å². The maximum Gasteiger partial charge on any atom is 0.229 e.